The van der Waals surface area contributed by atoms with Crippen molar-refractivity contribution in [3.63, 3.8) is 0 Å². The van der Waals surface area contributed by atoms with Gasteiger partial charge in [0.15, 0.2) is 0 Å². The second-order valence-corrected chi connectivity index (χ2v) is 6.45. The minimum Gasteiger partial charge on any atom is -0.426 e. The fourth-order valence-electron chi connectivity index (χ4n) is 2.50. The van der Waals surface area contributed by atoms with Crippen molar-refractivity contribution in [1.29, 1.82) is 0 Å². The first-order chi connectivity index (χ1) is 12.5. The van der Waals surface area contributed by atoms with Crippen LogP contribution in [0.5, 0.6) is 5.75 Å². The molecule has 0 radical (unpaired) electrons. The molecule has 2 aromatic carbocycles. The molecule has 3 rings (SSSR count). The van der Waals surface area contributed by atoms with E-state index < -0.39 is 5.97 Å². The second-order valence-electron chi connectivity index (χ2n) is 5.54. The number of esters is 1. The van der Waals surface area contributed by atoms with Gasteiger partial charge >= 0.3 is 5.97 Å². The molecule has 0 fully saturated rings. The van der Waals surface area contributed by atoms with Crippen LogP contribution in [0.4, 0.5) is 0 Å². The molecule has 0 amide bonds. The van der Waals surface area contributed by atoms with E-state index in [2.05, 4.69) is 26.0 Å². The van der Waals surface area contributed by atoms with Crippen LogP contribution in [0, 0.1) is 0 Å². The molecule has 0 atom stereocenters. The Hall–Kier alpha value is -2.80. The van der Waals surface area contributed by atoms with Gasteiger partial charge in [0, 0.05) is 23.4 Å². The van der Waals surface area contributed by atoms with Gasteiger partial charge in [-0.25, -0.2) is 4.98 Å². The van der Waals surface area contributed by atoms with Gasteiger partial charge < -0.3 is 4.74 Å². The number of para-hydroxylation sites is 1. The maximum atomic E-state index is 12.8. The third-order valence-electron chi connectivity index (χ3n) is 3.68. The van der Waals surface area contributed by atoms with Crippen molar-refractivity contribution < 1.29 is 9.53 Å². The molecular weight excluding hydrogens is 398 g/mol. The fraction of sp³-hybridized carbons (Fsp3) is 0.158. The Kier molecular flexibility index (Phi) is 5.27. The minimum absolute atomic E-state index is 0.255. The van der Waals surface area contributed by atoms with Gasteiger partial charge in [-0.15, -0.1) is 0 Å². The zero-order valence-corrected chi connectivity index (χ0v) is 15.9. The van der Waals surface area contributed by atoms with E-state index in [9.17, 15) is 9.59 Å². The van der Waals surface area contributed by atoms with E-state index >= 15 is 0 Å². The number of fused-ring (bicyclic) bond motifs is 1. The molecule has 0 aliphatic heterocycles. The van der Waals surface area contributed by atoms with Crippen LogP contribution < -0.4 is 10.3 Å². The van der Waals surface area contributed by atoms with Gasteiger partial charge in [-0.05, 0) is 30.3 Å². The van der Waals surface area contributed by atoms with E-state index in [4.69, 9.17) is 4.74 Å². The topological polar surface area (TPSA) is 73.6 Å². The molecule has 0 aliphatic rings. The maximum absolute atomic E-state index is 12.8. The summed E-state index contributed by atoms with van der Waals surface area (Å²) < 4.78 is 7.24. The SMILES string of the molecule is CCc1nc2ccc(Br)cc2c(=O)n1N=Cc1ccccc1OC(C)=O. The van der Waals surface area contributed by atoms with Crippen LogP contribution in [0.3, 0.4) is 0 Å². The lowest BCUT2D eigenvalue weighted by Gasteiger charge is -2.08. The van der Waals surface area contributed by atoms with Crippen LogP contribution in [0.1, 0.15) is 25.2 Å². The predicted molar refractivity (Wildman–Crippen MR) is 104 cm³/mol. The van der Waals surface area contributed by atoms with E-state index in [-0.39, 0.29) is 5.56 Å². The summed E-state index contributed by atoms with van der Waals surface area (Å²) >= 11 is 3.37. The summed E-state index contributed by atoms with van der Waals surface area (Å²) in [6.45, 7) is 3.24. The van der Waals surface area contributed by atoms with Crippen molar-refractivity contribution in [1.82, 2.24) is 9.66 Å². The Morgan fingerprint density at radius 1 is 1.31 bits per heavy atom. The molecular formula is C19H16BrN3O3. The molecule has 0 N–H and O–H groups in total. The number of hydrogen-bond donors (Lipinski definition) is 0. The highest BCUT2D eigenvalue weighted by Gasteiger charge is 2.10. The van der Waals surface area contributed by atoms with Crippen molar-refractivity contribution >= 4 is 39.0 Å². The predicted octanol–water partition coefficient (Wildman–Crippen LogP) is 3.53. The van der Waals surface area contributed by atoms with Crippen LogP contribution in [-0.2, 0) is 11.2 Å². The Balaban J connectivity index is 2.12. The van der Waals surface area contributed by atoms with E-state index in [0.29, 0.717) is 34.5 Å². The zero-order chi connectivity index (χ0) is 18.7. The highest BCUT2D eigenvalue weighted by molar-refractivity contribution is 9.10. The third-order valence-corrected chi connectivity index (χ3v) is 4.17. The van der Waals surface area contributed by atoms with Crippen molar-refractivity contribution in [3.05, 3.63) is 68.7 Å². The van der Waals surface area contributed by atoms with Crippen LogP contribution >= 0.6 is 15.9 Å². The van der Waals surface area contributed by atoms with Gasteiger partial charge in [-0.2, -0.15) is 9.78 Å². The standard InChI is InChI=1S/C19H16BrN3O3/c1-3-18-22-16-9-8-14(20)10-15(16)19(25)23(18)21-11-13-6-4-5-7-17(13)26-12(2)24/h4-11H,3H2,1-2H3. The fourth-order valence-corrected chi connectivity index (χ4v) is 2.86. The number of carbonyl (C=O) groups excluding carboxylic acids is 1. The lowest BCUT2D eigenvalue weighted by Crippen LogP contribution is -2.22. The molecule has 0 saturated heterocycles. The Bertz CT molecular complexity index is 1070. The van der Waals surface area contributed by atoms with E-state index in [1.165, 1.54) is 17.8 Å². The number of benzene rings is 2. The number of nitrogens with zero attached hydrogens (tertiary/aromatic N) is 3. The summed E-state index contributed by atoms with van der Waals surface area (Å²) in [6, 6.07) is 12.3. The molecule has 1 aromatic heterocycles. The molecule has 0 bridgehead atoms. The second kappa shape index (κ2) is 7.61. The number of aromatic nitrogens is 2. The lowest BCUT2D eigenvalue weighted by atomic mass is 10.2. The molecule has 0 aliphatic carbocycles. The van der Waals surface area contributed by atoms with Gasteiger partial charge in [0.25, 0.3) is 5.56 Å². The number of hydrogen-bond acceptors (Lipinski definition) is 5. The summed E-state index contributed by atoms with van der Waals surface area (Å²) in [5.74, 6) is 0.506. The molecule has 132 valence electrons. The van der Waals surface area contributed by atoms with Gasteiger partial charge in [-0.1, -0.05) is 35.0 Å². The average molecular weight is 414 g/mol. The molecule has 0 spiro atoms. The first-order valence-corrected chi connectivity index (χ1v) is 8.82. The van der Waals surface area contributed by atoms with Gasteiger partial charge in [0.1, 0.15) is 11.6 Å². The van der Waals surface area contributed by atoms with Gasteiger partial charge in [0.05, 0.1) is 17.1 Å². The average Bonchev–Trinajstić information content (AvgIpc) is 2.62. The summed E-state index contributed by atoms with van der Waals surface area (Å²) in [5, 5.41) is 4.78. The molecule has 1 heterocycles. The van der Waals surface area contributed by atoms with E-state index in [0.717, 1.165) is 4.47 Å². The largest absolute Gasteiger partial charge is 0.426 e. The van der Waals surface area contributed by atoms with Crippen LogP contribution in [0.2, 0.25) is 0 Å². The lowest BCUT2D eigenvalue weighted by molar-refractivity contribution is -0.131. The van der Waals surface area contributed by atoms with Crippen molar-refractivity contribution in [2.45, 2.75) is 20.3 Å². The molecule has 6 nitrogen and oxygen atoms in total. The molecule has 26 heavy (non-hydrogen) atoms. The molecule has 0 saturated carbocycles. The highest BCUT2D eigenvalue weighted by Crippen LogP contribution is 2.18. The number of rotatable bonds is 4. The first kappa shape index (κ1) is 18.0. The maximum Gasteiger partial charge on any atom is 0.308 e. The third kappa shape index (κ3) is 3.72. The Labute approximate surface area is 158 Å². The van der Waals surface area contributed by atoms with Crippen molar-refractivity contribution in [2.75, 3.05) is 0 Å². The van der Waals surface area contributed by atoms with Gasteiger partial charge in [0.2, 0.25) is 0 Å². The van der Waals surface area contributed by atoms with Crippen molar-refractivity contribution in [3.8, 4) is 5.75 Å². The first-order valence-electron chi connectivity index (χ1n) is 8.02. The van der Waals surface area contributed by atoms with Crippen LogP contribution in [0.25, 0.3) is 10.9 Å². The Morgan fingerprint density at radius 3 is 2.81 bits per heavy atom. The molecule has 3 aromatic rings. The van der Waals surface area contributed by atoms with E-state index in [1.807, 2.05) is 13.0 Å². The number of aryl methyl sites for hydroxylation is 1. The summed E-state index contributed by atoms with van der Waals surface area (Å²) in [4.78, 5) is 28.6. The normalized spacial score (nSPS) is 11.2. The molecule has 0 unspecified atom stereocenters. The number of carbonyl (C=O) groups is 1. The number of ether oxygens (including phenoxy) is 1. The quantitative estimate of drug-likeness (QED) is 0.372. The Morgan fingerprint density at radius 2 is 2.08 bits per heavy atom. The van der Waals surface area contributed by atoms with E-state index in [1.54, 1.807) is 36.4 Å². The summed E-state index contributed by atoms with van der Waals surface area (Å²) in [7, 11) is 0. The van der Waals surface area contributed by atoms with Crippen LogP contribution in [0.15, 0.2) is 56.8 Å². The summed E-state index contributed by atoms with van der Waals surface area (Å²) in [6.07, 6.45) is 2.04. The van der Waals surface area contributed by atoms with Crippen LogP contribution in [-0.4, -0.2) is 21.8 Å². The smallest absolute Gasteiger partial charge is 0.308 e. The summed E-state index contributed by atoms with van der Waals surface area (Å²) in [5.41, 5.74) is 0.960. The van der Waals surface area contributed by atoms with Gasteiger partial charge in [-0.3, -0.25) is 9.59 Å². The highest BCUT2D eigenvalue weighted by atomic mass is 79.9. The minimum atomic E-state index is -0.422. The van der Waals surface area contributed by atoms with Crippen molar-refractivity contribution in [2.24, 2.45) is 5.10 Å². The number of halogens is 1. The monoisotopic (exact) mass is 413 g/mol. The molecule has 7 heteroatoms. The zero-order valence-electron chi connectivity index (χ0n) is 14.3.